The molecule has 1 aromatic carbocycles. The second-order valence-corrected chi connectivity index (χ2v) is 56.7. The molecule has 2 rings (SSSR count). The van der Waals surface area contributed by atoms with Crippen molar-refractivity contribution in [2.24, 2.45) is 0 Å². The lowest BCUT2D eigenvalue weighted by atomic mass is 10.3. The molecule has 0 radical (unpaired) electrons. The number of nitrogens with zero attached hydrogens (tertiary/aromatic N) is 1. The van der Waals surface area contributed by atoms with E-state index in [1.165, 1.54) is 14.6 Å². The minimum Gasteiger partial charge on any atom is -0.230 e. The van der Waals surface area contributed by atoms with Crippen molar-refractivity contribution in [2.45, 2.75) is 63.3 Å². The van der Waals surface area contributed by atoms with E-state index in [1.54, 1.807) is 0 Å². The quantitative estimate of drug-likeness (QED) is 0.513. The fourth-order valence-electron chi connectivity index (χ4n) is 4.86. The van der Waals surface area contributed by atoms with Crippen molar-refractivity contribution >= 4 is 61.3 Å². The van der Waals surface area contributed by atoms with Crippen molar-refractivity contribution in [2.75, 3.05) is 0 Å². The van der Waals surface area contributed by atoms with Gasteiger partial charge in [0, 0.05) is 22.8 Å². The SMILES string of the molecule is C[Si](C)(C)[Si](Sc1nc2ccccc2s1)([Si](C)(C)C)[Si](C)(C)C. The van der Waals surface area contributed by atoms with E-state index in [0.717, 1.165) is 0 Å². The first-order valence-corrected chi connectivity index (χ1v) is 26.2. The third-order valence-corrected chi connectivity index (χ3v) is 93.7. The summed E-state index contributed by atoms with van der Waals surface area (Å²) in [5, 5.41) is 0. The van der Waals surface area contributed by atoms with Gasteiger partial charge in [0.05, 0.1) is 10.2 Å². The lowest BCUT2D eigenvalue weighted by Crippen LogP contribution is -2.80. The smallest absolute Gasteiger partial charge is 0.144 e. The lowest BCUT2D eigenvalue weighted by molar-refractivity contribution is 1.31. The monoisotopic (exact) mass is 413 g/mol. The van der Waals surface area contributed by atoms with E-state index < -0.39 is 28.6 Å². The summed E-state index contributed by atoms with van der Waals surface area (Å²) in [5.41, 5.74) is 1.18. The normalized spacial score (nSPS) is 14.5. The Bertz CT molecular complexity index is 623. The Labute approximate surface area is 153 Å². The summed E-state index contributed by atoms with van der Waals surface area (Å²) in [4.78, 5) is 5.02. The Hall–Kier alpha value is 0.328. The van der Waals surface area contributed by atoms with Gasteiger partial charge in [-0.05, 0) is 12.1 Å². The van der Waals surface area contributed by atoms with Crippen LogP contribution in [0.15, 0.2) is 28.6 Å². The van der Waals surface area contributed by atoms with E-state index in [-0.39, 0.29) is 0 Å². The number of aromatic nitrogens is 1. The summed E-state index contributed by atoms with van der Waals surface area (Å²) in [6.45, 7) is 23.8. The highest BCUT2D eigenvalue weighted by Crippen LogP contribution is 2.49. The third-order valence-electron chi connectivity index (χ3n) is 4.68. The number of hydrogen-bond acceptors (Lipinski definition) is 3. The van der Waals surface area contributed by atoms with Crippen LogP contribution in [-0.2, 0) is 0 Å². The van der Waals surface area contributed by atoms with Gasteiger partial charge >= 0.3 is 0 Å². The molecule has 7 heteroatoms. The Kier molecular flexibility index (Phi) is 5.34. The molecule has 1 aromatic heterocycles. The highest BCUT2D eigenvalue weighted by molar-refractivity contribution is 8.50. The summed E-state index contributed by atoms with van der Waals surface area (Å²) in [7, 11) is -3.74. The minimum absolute atomic E-state index is 1.18. The zero-order valence-electron chi connectivity index (χ0n) is 16.1. The third kappa shape index (κ3) is 3.50. The number of rotatable bonds is 5. The molecule has 0 aliphatic rings. The van der Waals surface area contributed by atoms with Gasteiger partial charge in [0.2, 0.25) is 0 Å². The van der Waals surface area contributed by atoms with E-state index in [2.05, 4.69) is 94.4 Å². The number of thiazole rings is 1. The van der Waals surface area contributed by atoms with Gasteiger partial charge in [0.15, 0.2) is 0 Å². The van der Waals surface area contributed by atoms with E-state index in [4.69, 9.17) is 4.98 Å². The zero-order chi connectivity index (χ0) is 17.7. The summed E-state index contributed by atoms with van der Waals surface area (Å²) in [6, 6.07) is 8.63. The maximum Gasteiger partial charge on any atom is 0.144 e. The predicted octanol–water partition coefficient (Wildman–Crippen LogP) is 6.58. The molecule has 0 spiro atoms. The van der Waals surface area contributed by atoms with Crippen LogP contribution >= 0.6 is 22.5 Å². The molecule has 0 saturated heterocycles. The number of hydrogen-bond donors (Lipinski definition) is 0. The van der Waals surface area contributed by atoms with E-state index in [0.29, 0.717) is 0 Å². The van der Waals surface area contributed by atoms with Gasteiger partial charge in [0.25, 0.3) is 0 Å². The molecule has 1 nitrogen and oxygen atoms in total. The number of para-hydroxylation sites is 1. The second kappa shape index (κ2) is 6.24. The van der Waals surface area contributed by atoms with Gasteiger partial charge in [-0.1, -0.05) is 71.1 Å². The molecule has 0 fully saturated rings. The van der Waals surface area contributed by atoms with Crippen LogP contribution in [0.5, 0.6) is 0 Å². The zero-order valence-corrected chi connectivity index (χ0v) is 21.7. The molecular formula is C16H31NS2Si4. The van der Waals surface area contributed by atoms with Crippen LogP contribution < -0.4 is 0 Å². The Balaban J connectivity index is 2.62. The molecule has 128 valence electrons. The van der Waals surface area contributed by atoms with Crippen LogP contribution in [0.3, 0.4) is 0 Å². The molecule has 0 unspecified atom stereocenters. The molecule has 0 bridgehead atoms. The van der Waals surface area contributed by atoms with Gasteiger partial charge < -0.3 is 0 Å². The van der Waals surface area contributed by atoms with Crippen molar-refractivity contribution in [3.05, 3.63) is 24.3 Å². The van der Waals surface area contributed by atoms with Gasteiger partial charge in [-0.15, -0.1) is 22.5 Å². The van der Waals surface area contributed by atoms with Crippen LogP contribution in [0, 0.1) is 0 Å². The largest absolute Gasteiger partial charge is 0.230 e. The topological polar surface area (TPSA) is 12.9 Å². The van der Waals surface area contributed by atoms with Crippen LogP contribution in [0.1, 0.15) is 0 Å². The summed E-state index contributed by atoms with van der Waals surface area (Å²) >= 11 is 4.24. The fourth-order valence-corrected chi connectivity index (χ4v) is 113. The van der Waals surface area contributed by atoms with Gasteiger partial charge in [-0.25, -0.2) is 4.98 Å². The van der Waals surface area contributed by atoms with Crippen molar-refractivity contribution in [3.8, 4) is 0 Å². The molecule has 0 aliphatic heterocycles. The van der Waals surface area contributed by atoms with Crippen LogP contribution in [0.4, 0.5) is 0 Å². The molecule has 0 amide bonds. The average Bonchev–Trinajstić information content (AvgIpc) is 2.73. The Morgan fingerprint density at radius 2 is 1.26 bits per heavy atom. The standard InChI is InChI=1S/C16H31NS2Si4/c1-20(2,3)23(21(4,5)6,22(7,8)9)19-16-17-14-12-10-11-13-15(14)18-16/h10-13H,1-9H3. The average molecular weight is 414 g/mol. The van der Waals surface area contributed by atoms with Crippen LogP contribution in [0.2, 0.25) is 58.9 Å². The summed E-state index contributed by atoms with van der Waals surface area (Å²) in [6.07, 6.45) is 0. The van der Waals surface area contributed by atoms with Gasteiger partial charge in [-0.2, -0.15) is 0 Å². The maximum absolute atomic E-state index is 5.02. The summed E-state index contributed by atoms with van der Waals surface area (Å²) < 4.78 is 2.70. The highest BCUT2D eigenvalue weighted by atomic mass is 32.4. The Morgan fingerprint density at radius 1 is 0.783 bits per heavy atom. The molecular weight excluding hydrogens is 383 g/mol. The van der Waals surface area contributed by atoms with Crippen LogP contribution in [0.25, 0.3) is 10.2 Å². The second-order valence-electron chi connectivity index (χ2n) is 9.48. The summed E-state index contributed by atoms with van der Waals surface area (Å²) in [5.74, 6) is -1.42. The molecule has 0 atom stereocenters. The van der Waals surface area contributed by atoms with Crippen molar-refractivity contribution < 1.29 is 0 Å². The molecule has 1 heterocycles. The first-order chi connectivity index (χ1) is 10.3. The first kappa shape index (κ1) is 19.6. The van der Waals surface area contributed by atoms with Crippen molar-refractivity contribution in [1.82, 2.24) is 4.98 Å². The van der Waals surface area contributed by atoms with Crippen LogP contribution in [-0.4, -0.2) is 33.5 Å². The van der Waals surface area contributed by atoms with E-state index >= 15 is 0 Å². The van der Waals surface area contributed by atoms with Crippen molar-refractivity contribution in [1.29, 1.82) is 0 Å². The highest BCUT2D eigenvalue weighted by Gasteiger charge is 2.63. The molecule has 2 aromatic rings. The predicted molar refractivity (Wildman–Crippen MR) is 121 cm³/mol. The molecule has 23 heavy (non-hydrogen) atoms. The van der Waals surface area contributed by atoms with E-state index in [1.807, 2.05) is 11.3 Å². The number of benzene rings is 1. The Morgan fingerprint density at radius 3 is 1.70 bits per heavy atom. The minimum atomic E-state index is -1.42. The first-order valence-electron chi connectivity index (χ1n) is 8.34. The molecule has 0 N–H and O–H groups in total. The molecule has 0 aliphatic carbocycles. The van der Waals surface area contributed by atoms with Gasteiger partial charge in [-0.3, -0.25) is 0 Å². The fraction of sp³-hybridized carbons (Fsp3) is 0.562. The van der Waals surface area contributed by atoms with Gasteiger partial charge in [0.1, 0.15) is 10.1 Å². The number of fused-ring (bicyclic) bond motifs is 1. The lowest BCUT2D eigenvalue weighted by Gasteiger charge is -2.56. The van der Waals surface area contributed by atoms with E-state index in [9.17, 15) is 0 Å². The maximum atomic E-state index is 5.02. The van der Waals surface area contributed by atoms with Crippen molar-refractivity contribution in [3.63, 3.8) is 0 Å². The molecule has 0 saturated carbocycles.